The van der Waals surface area contributed by atoms with E-state index in [1.54, 1.807) is 30.3 Å². The van der Waals surface area contributed by atoms with Crippen LogP contribution in [-0.4, -0.2) is 17.6 Å². The van der Waals surface area contributed by atoms with Crippen LogP contribution in [0.25, 0.3) is 0 Å². The largest absolute Gasteiger partial charge is 0.573 e. The highest BCUT2D eigenvalue weighted by Gasteiger charge is 2.40. The molecule has 0 saturated carbocycles. The van der Waals surface area contributed by atoms with Gasteiger partial charge in [-0.15, -0.1) is 13.2 Å². The van der Waals surface area contributed by atoms with Crippen LogP contribution in [0.3, 0.4) is 0 Å². The molecule has 0 aliphatic carbocycles. The summed E-state index contributed by atoms with van der Waals surface area (Å²) in [6.07, 6.45) is -10.6. The lowest BCUT2D eigenvalue weighted by Crippen LogP contribution is -2.33. The number of rotatable bonds is 7. The molecule has 0 fully saturated rings. The zero-order valence-electron chi connectivity index (χ0n) is 17.3. The molecule has 1 N–H and O–H groups in total. The van der Waals surface area contributed by atoms with E-state index in [0.29, 0.717) is 5.56 Å². The van der Waals surface area contributed by atoms with E-state index in [9.17, 15) is 31.4 Å². The van der Waals surface area contributed by atoms with Gasteiger partial charge in [-0.25, -0.2) is 0 Å². The van der Waals surface area contributed by atoms with Crippen LogP contribution in [0, 0.1) is 0 Å². The van der Waals surface area contributed by atoms with Crippen LogP contribution in [0.15, 0.2) is 91.2 Å². The van der Waals surface area contributed by atoms with Crippen LogP contribution in [0.4, 0.5) is 26.3 Å². The molecule has 0 bridgehead atoms. The first kappa shape index (κ1) is 24.2. The first-order chi connectivity index (χ1) is 15.4. The van der Waals surface area contributed by atoms with Crippen LogP contribution in [-0.2, 0) is 18.3 Å². The molecule has 0 aliphatic heterocycles. The molecule has 1 unspecified atom stereocenters. The molecule has 174 valence electrons. The molecule has 0 spiro atoms. The minimum absolute atomic E-state index is 0.0358. The van der Waals surface area contributed by atoms with Gasteiger partial charge in [0.15, 0.2) is 0 Å². The third-order valence-corrected chi connectivity index (χ3v) is 5.19. The van der Waals surface area contributed by atoms with Crippen LogP contribution in [0.5, 0.6) is 5.75 Å². The average Bonchev–Trinajstić information content (AvgIpc) is 2.70. The molecule has 0 heterocycles. The van der Waals surface area contributed by atoms with E-state index < -0.39 is 35.9 Å². The third-order valence-electron chi connectivity index (χ3n) is 5.19. The molecule has 0 aromatic heterocycles. The Morgan fingerprint density at radius 1 is 0.727 bits per heavy atom. The standard InChI is InChI=1S/C25H20F6O2/c1-17(32)23(15-18-7-3-2-4-8-18,20-10-5-9-19(13-20)16-24(26,27)28)21-11-6-12-22(14-21)33-25(29,30)31/h2-14,32H,1,15-16H2. The van der Waals surface area contributed by atoms with E-state index in [1.807, 2.05) is 0 Å². The second kappa shape index (κ2) is 9.21. The summed E-state index contributed by atoms with van der Waals surface area (Å²) in [6.45, 7) is 3.66. The van der Waals surface area contributed by atoms with Crippen molar-refractivity contribution in [2.24, 2.45) is 0 Å². The van der Waals surface area contributed by atoms with Gasteiger partial charge in [0.1, 0.15) is 11.5 Å². The lowest BCUT2D eigenvalue weighted by atomic mass is 9.69. The molecular formula is C25H20F6O2. The highest BCUT2D eigenvalue weighted by Crippen LogP contribution is 2.43. The number of hydrogen-bond acceptors (Lipinski definition) is 2. The third kappa shape index (κ3) is 6.09. The molecule has 3 aromatic carbocycles. The molecule has 3 aromatic rings. The van der Waals surface area contributed by atoms with Gasteiger partial charge < -0.3 is 9.84 Å². The van der Waals surface area contributed by atoms with Crippen molar-refractivity contribution in [2.75, 3.05) is 0 Å². The van der Waals surface area contributed by atoms with Crippen LogP contribution in [0.1, 0.15) is 22.3 Å². The highest BCUT2D eigenvalue weighted by atomic mass is 19.4. The molecule has 0 radical (unpaired) electrons. The van der Waals surface area contributed by atoms with E-state index in [1.165, 1.54) is 36.4 Å². The lowest BCUT2D eigenvalue weighted by Gasteiger charge is -2.35. The summed E-state index contributed by atoms with van der Waals surface area (Å²) < 4.78 is 81.5. The number of hydrogen-bond donors (Lipinski definition) is 1. The fourth-order valence-corrected chi connectivity index (χ4v) is 3.84. The molecule has 8 heteroatoms. The van der Waals surface area contributed by atoms with Crippen molar-refractivity contribution in [3.8, 4) is 5.75 Å². The Hall–Kier alpha value is -3.42. The lowest BCUT2D eigenvalue weighted by molar-refractivity contribution is -0.274. The van der Waals surface area contributed by atoms with E-state index >= 15 is 0 Å². The molecule has 3 rings (SSSR count). The Morgan fingerprint density at radius 2 is 1.30 bits per heavy atom. The topological polar surface area (TPSA) is 29.5 Å². The minimum Gasteiger partial charge on any atom is -0.512 e. The summed E-state index contributed by atoms with van der Waals surface area (Å²) in [4.78, 5) is 0. The van der Waals surface area contributed by atoms with E-state index in [0.717, 1.165) is 12.1 Å². The van der Waals surface area contributed by atoms with Gasteiger partial charge in [0.25, 0.3) is 0 Å². The molecule has 0 amide bonds. The Morgan fingerprint density at radius 3 is 1.88 bits per heavy atom. The van der Waals surface area contributed by atoms with Gasteiger partial charge in [-0.05, 0) is 40.8 Å². The SMILES string of the molecule is C=C(O)C(Cc1ccccc1)(c1cccc(CC(F)(F)F)c1)c1cccc(OC(F)(F)F)c1. The minimum atomic E-state index is -4.94. The van der Waals surface area contributed by atoms with Crippen LogP contribution < -0.4 is 4.74 Å². The van der Waals surface area contributed by atoms with Crippen molar-refractivity contribution in [3.05, 3.63) is 113 Å². The zero-order valence-corrected chi connectivity index (χ0v) is 17.3. The maximum atomic E-state index is 13.0. The quantitative estimate of drug-likeness (QED) is 0.293. The van der Waals surface area contributed by atoms with Gasteiger partial charge in [-0.2, -0.15) is 13.2 Å². The number of halogens is 6. The number of aliphatic hydroxyl groups is 1. The van der Waals surface area contributed by atoms with Crippen molar-refractivity contribution in [1.82, 2.24) is 0 Å². The highest BCUT2D eigenvalue weighted by molar-refractivity contribution is 5.51. The summed E-state index contributed by atoms with van der Waals surface area (Å²) in [7, 11) is 0. The van der Waals surface area contributed by atoms with E-state index in [-0.39, 0.29) is 23.1 Å². The van der Waals surface area contributed by atoms with Gasteiger partial charge in [0.05, 0.1) is 11.8 Å². The molecule has 0 saturated heterocycles. The first-order valence-corrected chi connectivity index (χ1v) is 9.84. The van der Waals surface area contributed by atoms with Gasteiger partial charge >= 0.3 is 12.5 Å². The Bertz CT molecular complexity index is 1040. The normalized spacial score (nSPS) is 13.9. The van der Waals surface area contributed by atoms with Crippen molar-refractivity contribution in [1.29, 1.82) is 0 Å². The van der Waals surface area contributed by atoms with Gasteiger partial charge in [-0.3, -0.25) is 0 Å². The van der Waals surface area contributed by atoms with Crippen molar-refractivity contribution in [3.63, 3.8) is 0 Å². The smallest absolute Gasteiger partial charge is 0.512 e. The summed E-state index contributed by atoms with van der Waals surface area (Å²) in [5.41, 5.74) is -0.458. The van der Waals surface area contributed by atoms with Crippen molar-refractivity contribution >= 4 is 0 Å². The van der Waals surface area contributed by atoms with E-state index in [4.69, 9.17) is 0 Å². The molecular weight excluding hydrogens is 446 g/mol. The van der Waals surface area contributed by atoms with Gasteiger partial charge in [-0.1, -0.05) is 73.3 Å². The van der Waals surface area contributed by atoms with Crippen LogP contribution >= 0.6 is 0 Å². The predicted molar refractivity (Wildman–Crippen MR) is 112 cm³/mol. The summed E-state index contributed by atoms with van der Waals surface area (Å²) in [6, 6.07) is 19.2. The molecule has 1 atom stereocenters. The summed E-state index contributed by atoms with van der Waals surface area (Å²) >= 11 is 0. The molecule has 33 heavy (non-hydrogen) atoms. The van der Waals surface area contributed by atoms with Gasteiger partial charge in [0.2, 0.25) is 0 Å². The fraction of sp³-hybridized carbons (Fsp3) is 0.200. The predicted octanol–water partition coefficient (Wildman–Crippen LogP) is 7.29. The fourth-order valence-electron chi connectivity index (χ4n) is 3.84. The van der Waals surface area contributed by atoms with Gasteiger partial charge in [0, 0.05) is 0 Å². The number of aliphatic hydroxyl groups excluding tert-OH is 1. The van der Waals surface area contributed by atoms with Crippen molar-refractivity contribution < 1.29 is 36.2 Å². The second-order valence-electron chi connectivity index (χ2n) is 7.58. The summed E-state index contributed by atoms with van der Waals surface area (Å²) in [5.74, 6) is -0.954. The van der Waals surface area contributed by atoms with Crippen LogP contribution in [0.2, 0.25) is 0 Å². The maximum absolute atomic E-state index is 13.0. The average molecular weight is 466 g/mol. The number of alkyl halides is 6. The number of benzene rings is 3. The number of ether oxygens (including phenoxy) is 1. The first-order valence-electron chi connectivity index (χ1n) is 9.84. The maximum Gasteiger partial charge on any atom is 0.573 e. The molecule has 2 nitrogen and oxygen atoms in total. The zero-order chi connectivity index (χ0) is 24.3. The number of allylic oxidation sites excluding steroid dienone is 1. The van der Waals surface area contributed by atoms with Crippen molar-refractivity contribution in [2.45, 2.75) is 30.8 Å². The Labute approximate surface area is 186 Å². The monoisotopic (exact) mass is 466 g/mol. The molecule has 0 aliphatic rings. The Balaban J connectivity index is 2.22. The van der Waals surface area contributed by atoms with E-state index in [2.05, 4.69) is 11.3 Å². The Kier molecular flexibility index (Phi) is 6.76. The second-order valence-corrected chi connectivity index (χ2v) is 7.58. The summed E-state index contributed by atoms with van der Waals surface area (Å²) in [5, 5.41) is 10.8.